The van der Waals surface area contributed by atoms with E-state index in [1.54, 1.807) is 4.90 Å². The van der Waals surface area contributed by atoms with Crippen LogP contribution in [0.1, 0.15) is 20.8 Å². The molecule has 0 aliphatic heterocycles. The molecule has 3 nitrogen and oxygen atoms in total. The minimum Gasteiger partial charge on any atom is -0.334 e. The quantitative estimate of drug-likeness (QED) is 0.639. The standard InChI is InChI=1S/C9H18N2O/c1-5-11(6-2)9(12)10-7-8(3)4/h3,5-7H2,1-2,4H3,(H,10,12). The molecule has 0 aromatic carbocycles. The van der Waals surface area contributed by atoms with Gasteiger partial charge < -0.3 is 10.2 Å². The summed E-state index contributed by atoms with van der Waals surface area (Å²) in [5, 5.41) is 2.77. The Kier molecular flexibility index (Phi) is 5.17. The maximum Gasteiger partial charge on any atom is 0.317 e. The summed E-state index contributed by atoms with van der Waals surface area (Å²) in [6, 6.07) is -0.0111. The summed E-state index contributed by atoms with van der Waals surface area (Å²) in [6.07, 6.45) is 0. The lowest BCUT2D eigenvalue weighted by Gasteiger charge is -2.19. The van der Waals surface area contributed by atoms with Gasteiger partial charge in [0.05, 0.1) is 0 Å². The lowest BCUT2D eigenvalue weighted by Crippen LogP contribution is -2.40. The van der Waals surface area contributed by atoms with Crippen LogP contribution in [0.25, 0.3) is 0 Å². The summed E-state index contributed by atoms with van der Waals surface area (Å²) < 4.78 is 0. The predicted octanol–water partition coefficient (Wildman–Crippen LogP) is 1.61. The molecule has 70 valence electrons. The first-order valence-corrected chi connectivity index (χ1v) is 4.29. The van der Waals surface area contributed by atoms with E-state index in [9.17, 15) is 4.79 Å². The van der Waals surface area contributed by atoms with Gasteiger partial charge in [0.25, 0.3) is 0 Å². The molecule has 0 unspecified atom stereocenters. The van der Waals surface area contributed by atoms with Crippen LogP contribution < -0.4 is 5.32 Å². The van der Waals surface area contributed by atoms with Gasteiger partial charge in [0.15, 0.2) is 0 Å². The van der Waals surface area contributed by atoms with E-state index in [4.69, 9.17) is 0 Å². The summed E-state index contributed by atoms with van der Waals surface area (Å²) in [7, 11) is 0. The first-order chi connectivity index (χ1) is 5.61. The number of carbonyl (C=O) groups excluding carboxylic acids is 1. The zero-order valence-electron chi connectivity index (χ0n) is 8.18. The summed E-state index contributed by atoms with van der Waals surface area (Å²) in [6.45, 7) is 11.6. The number of amides is 2. The monoisotopic (exact) mass is 170 g/mol. The Morgan fingerprint density at radius 3 is 2.25 bits per heavy atom. The average molecular weight is 170 g/mol. The third kappa shape index (κ3) is 4.01. The normalized spacial score (nSPS) is 9.25. The van der Waals surface area contributed by atoms with Gasteiger partial charge in [-0.2, -0.15) is 0 Å². The van der Waals surface area contributed by atoms with E-state index < -0.39 is 0 Å². The second kappa shape index (κ2) is 5.63. The molecule has 0 saturated carbocycles. The van der Waals surface area contributed by atoms with Gasteiger partial charge >= 0.3 is 6.03 Å². The van der Waals surface area contributed by atoms with Gasteiger partial charge in [0, 0.05) is 19.6 Å². The van der Waals surface area contributed by atoms with Crippen LogP contribution in [0, 0.1) is 0 Å². The molecule has 0 aliphatic rings. The smallest absolute Gasteiger partial charge is 0.317 e. The molecule has 0 spiro atoms. The molecule has 0 fully saturated rings. The molecule has 3 heteroatoms. The first-order valence-electron chi connectivity index (χ1n) is 4.29. The molecule has 12 heavy (non-hydrogen) atoms. The summed E-state index contributed by atoms with van der Waals surface area (Å²) in [5.41, 5.74) is 0.968. The largest absolute Gasteiger partial charge is 0.334 e. The highest BCUT2D eigenvalue weighted by Crippen LogP contribution is 1.89. The highest BCUT2D eigenvalue weighted by molar-refractivity contribution is 5.74. The molecule has 0 saturated heterocycles. The highest BCUT2D eigenvalue weighted by atomic mass is 16.2. The SMILES string of the molecule is C=C(C)CNC(=O)N(CC)CC. The Morgan fingerprint density at radius 2 is 1.92 bits per heavy atom. The summed E-state index contributed by atoms with van der Waals surface area (Å²) >= 11 is 0. The van der Waals surface area contributed by atoms with Crippen LogP contribution >= 0.6 is 0 Å². The topological polar surface area (TPSA) is 32.3 Å². The van der Waals surface area contributed by atoms with Crippen molar-refractivity contribution in [3.05, 3.63) is 12.2 Å². The fourth-order valence-corrected chi connectivity index (χ4v) is 0.849. The zero-order chi connectivity index (χ0) is 9.56. The molecular formula is C9H18N2O. The fraction of sp³-hybridized carbons (Fsp3) is 0.667. The van der Waals surface area contributed by atoms with Crippen molar-refractivity contribution in [1.82, 2.24) is 10.2 Å². The van der Waals surface area contributed by atoms with Crippen LogP contribution in [0.5, 0.6) is 0 Å². The van der Waals surface area contributed by atoms with Gasteiger partial charge in [-0.15, -0.1) is 0 Å². The van der Waals surface area contributed by atoms with Crippen molar-refractivity contribution in [2.45, 2.75) is 20.8 Å². The van der Waals surface area contributed by atoms with Crippen molar-refractivity contribution in [3.8, 4) is 0 Å². The van der Waals surface area contributed by atoms with Gasteiger partial charge in [-0.3, -0.25) is 0 Å². The molecule has 0 atom stereocenters. The van der Waals surface area contributed by atoms with Crippen molar-refractivity contribution >= 4 is 6.03 Å². The van der Waals surface area contributed by atoms with E-state index in [1.807, 2.05) is 20.8 Å². The fourth-order valence-electron chi connectivity index (χ4n) is 0.849. The second-order valence-electron chi connectivity index (χ2n) is 2.79. The maximum absolute atomic E-state index is 11.3. The van der Waals surface area contributed by atoms with Gasteiger partial charge in [0.1, 0.15) is 0 Å². The van der Waals surface area contributed by atoms with Gasteiger partial charge in [-0.05, 0) is 20.8 Å². The lowest BCUT2D eigenvalue weighted by molar-refractivity contribution is 0.204. The third-order valence-corrected chi connectivity index (χ3v) is 1.59. The molecule has 1 N–H and O–H groups in total. The van der Waals surface area contributed by atoms with Crippen molar-refractivity contribution < 1.29 is 4.79 Å². The molecule has 0 aromatic heterocycles. The van der Waals surface area contributed by atoms with Crippen LogP contribution in [-0.4, -0.2) is 30.6 Å². The Hall–Kier alpha value is -0.990. The van der Waals surface area contributed by atoms with Gasteiger partial charge in [-0.25, -0.2) is 4.79 Å². The predicted molar refractivity (Wildman–Crippen MR) is 51.1 cm³/mol. The minimum atomic E-state index is -0.0111. The van der Waals surface area contributed by atoms with Crippen molar-refractivity contribution in [2.75, 3.05) is 19.6 Å². The number of carbonyl (C=O) groups is 1. The summed E-state index contributed by atoms with van der Waals surface area (Å²) in [4.78, 5) is 13.0. The summed E-state index contributed by atoms with van der Waals surface area (Å²) in [5.74, 6) is 0. The number of rotatable bonds is 4. The van der Waals surface area contributed by atoms with Crippen molar-refractivity contribution in [3.63, 3.8) is 0 Å². The molecule has 0 aromatic rings. The molecular weight excluding hydrogens is 152 g/mol. The van der Waals surface area contributed by atoms with Crippen molar-refractivity contribution in [1.29, 1.82) is 0 Å². The Morgan fingerprint density at radius 1 is 1.42 bits per heavy atom. The highest BCUT2D eigenvalue weighted by Gasteiger charge is 2.06. The molecule has 0 aliphatic carbocycles. The maximum atomic E-state index is 11.3. The average Bonchev–Trinajstić information content (AvgIpc) is 2.03. The van der Waals surface area contributed by atoms with E-state index in [1.165, 1.54) is 0 Å². The molecule has 2 amide bonds. The van der Waals surface area contributed by atoms with Crippen LogP contribution in [-0.2, 0) is 0 Å². The van der Waals surface area contributed by atoms with Gasteiger partial charge in [0.2, 0.25) is 0 Å². The van der Waals surface area contributed by atoms with Crippen LogP contribution in [0.2, 0.25) is 0 Å². The van der Waals surface area contributed by atoms with E-state index in [-0.39, 0.29) is 6.03 Å². The molecule has 0 heterocycles. The lowest BCUT2D eigenvalue weighted by atomic mass is 10.3. The molecule has 0 rings (SSSR count). The van der Waals surface area contributed by atoms with Crippen LogP contribution in [0.15, 0.2) is 12.2 Å². The van der Waals surface area contributed by atoms with Crippen LogP contribution in [0.3, 0.4) is 0 Å². The first kappa shape index (κ1) is 11.0. The molecule has 0 radical (unpaired) electrons. The zero-order valence-corrected chi connectivity index (χ0v) is 8.18. The number of hydrogen-bond acceptors (Lipinski definition) is 1. The van der Waals surface area contributed by atoms with E-state index in [0.29, 0.717) is 6.54 Å². The van der Waals surface area contributed by atoms with Gasteiger partial charge in [-0.1, -0.05) is 12.2 Å². The van der Waals surface area contributed by atoms with E-state index >= 15 is 0 Å². The third-order valence-electron chi connectivity index (χ3n) is 1.59. The van der Waals surface area contributed by atoms with Crippen molar-refractivity contribution in [2.24, 2.45) is 0 Å². The Labute approximate surface area is 74.4 Å². The van der Waals surface area contributed by atoms with E-state index in [0.717, 1.165) is 18.7 Å². The number of nitrogens with zero attached hydrogens (tertiary/aromatic N) is 1. The number of urea groups is 1. The Bertz CT molecular complexity index is 162. The number of hydrogen-bond donors (Lipinski definition) is 1. The Balaban J connectivity index is 3.77. The van der Waals surface area contributed by atoms with Crippen LogP contribution in [0.4, 0.5) is 4.79 Å². The number of nitrogens with one attached hydrogen (secondary N) is 1. The second-order valence-corrected chi connectivity index (χ2v) is 2.79. The molecule has 0 bridgehead atoms. The van der Waals surface area contributed by atoms with E-state index in [2.05, 4.69) is 11.9 Å². The minimum absolute atomic E-state index is 0.0111.